The highest BCUT2D eigenvalue weighted by Gasteiger charge is 2.39. The SMILES string of the molecule is Cc1noc(C)c1S(=O)(=O)N1CCC(C(=O)N2CC(=O)N(CCc3ccccc3)C(=O)C2)CC1. The van der Waals surface area contributed by atoms with Crippen molar-refractivity contribution < 1.29 is 27.3 Å². The van der Waals surface area contributed by atoms with Gasteiger partial charge in [0.25, 0.3) is 0 Å². The van der Waals surface area contributed by atoms with Gasteiger partial charge in [-0.15, -0.1) is 0 Å². The first-order chi connectivity index (χ1) is 16.2. The molecule has 2 saturated heterocycles. The molecule has 0 unspecified atom stereocenters. The van der Waals surface area contributed by atoms with Gasteiger partial charge < -0.3 is 9.42 Å². The summed E-state index contributed by atoms with van der Waals surface area (Å²) in [7, 11) is -3.77. The number of rotatable bonds is 6. The Bertz CT molecular complexity index is 1150. The van der Waals surface area contributed by atoms with Crippen molar-refractivity contribution in [1.29, 1.82) is 0 Å². The molecule has 10 nitrogen and oxygen atoms in total. The van der Waals surface area contributed by atoms with Gasteiger partial charge in [0.05, 0.1) is 0 Å². The van der Waals surface area contributed by atoms with E-state index in [0.717, 1.165) is 5.56 Å². The van der Waals surface area contributed by atoms with Gasteiger partial charge >= 0.3 is 0 Å². The third kappa shape index (κ3) is 4.76. The van der Waals surface area contributed by atoms with E-state index < -0.39 is 15.9 Å². The molecular weight excluding hydrogens is 460 g/mol. The standard InChI is InChI=1S/C23H28N4O6S/c1-16-22(17(2)33-24-16)34(31,32)26-11-9-19(10-12-26)23(30)25-14-20(28)27(21(29)15-25)13-8-18-6-4-3-5-7-18/h3-7,19H,8-15H2,1-2H3. The van der Waals surface area contributed by atoms with Crippen LogP contribution in [0.25, 0.3) is 0 Å². The molecular formula is C23H28N4O6S. The molecule has 4 rings (SSSR count). The Labute approximate surface area is 198 Å². The van der Waals surface area contributed by atoms with Crippen LogP contribution in [0.2, 0.25) is 0 Å². The number of hydrogen-bond acceptors (Lipinski definition) is 7. The maximum absolute atomic E-state index is 13.0. The molecule has 1 aromatic carbocycles. The van der Waals surface area contributed by atoms with Gasteiger partial charge in [0, 0.05) is 25.6 Å². The van der Waals surface area contributed by atoms with Gasteiger partial charge in [-0.2, -0.15) is 4.31 Å². The van der Waals surface area contributed by atoms with Crippen LogP contribution in [0.5, 0.6) is 0 Å². The Hall–Kier alpha value is -3.05. The fraction of sp³-hybridized carbons (Fsp3) is 0.478. The Kier molecular flexibility index (Phi) is 6.85. The normalized spacial score (nSPS) is 18.5. The highest BCUT2D eigenvalue weighted by Crippen LogP contribution is 2.28. The van der Waals surface area contributed by atoms with Crippen LogP contribution in [0.4, 0.5) is 0 Å². The van der Waals surface area contributed by atoms with Crippen molar-refractivity contribution in [3.63, 3.8) is 0 Å². The predicted octanol–water partition coefficient (Wildman–Crippen LogP) is 1.13. The number of piperidine rings is 1. The van der Waals surface area contributed by atoms with Crippen molar-refractivity contribution in [2.45, 2.75) is 38.0 Å². The number of carbonyl (C=O) groups excluding carboxylic acids is 3. The van der Waals surface area contributed by atoms with Crippen LogP contribution >= 0.6 is 0 Å². The minimum Gasteiger partial charge on any atom is -0.360 e. The number of sulfonamides is 1. The summed E-state index contributed by atoms with van der Waals surface area (Å²) in [6.45, 7) is 3.46. The Morgan fingerprint density at radius 2 is 1.68 bits per heavy atom. The lowest BCUT2D eigenvalue weighted by Crippen LogP contribution is -2.57. The van der Waals surface area contributed by atoms with Crippen molar-refractivity contribution in [3.8, 4) is 0 Å². The van der Waals surface area contributed by atoms with E-state index in [1.165, 1.54) is 14.1 Å². The average molecular weight is 489 g/mol. The van der Waals surface area contributed by atoms with Gasteiger partial charge in [-0.1, -0.05) is 35.5 Å². The van der Waals surface area contributed by atoms with Crippen LogP contribution in [0.15, 0.2) is 39.8 Å². The molecule has 34 heavy (non-hydrogen) atoms. The summed E-state index contributed by atoms with van der Waals surface area (Å²) < 4.78 is 32.3. The first kappa shape index (κ1) is 24.1. The zero-order valence-corrected chi connectivity index (χ0v) is 20.1. The minimum atomic E-state index is -3.77. The Balaban J connectivity index is 1.33. The molecule has 11 heteroatoms. The fourth-order valence-electron chi connectivity index (χ4n) is 4.56. The smallest absolute Gasteiger partial charge is 0.248 e. The maximum Gasteiger partial charge on any atom is 0.248 e. The van der Waals surface area contributed by atoms with E-state index in [4.69, 9.17) is 4.52 Å². The van der Waals surface area contributed by atoms with Crippen LogP contribution in [0.3, 0.4) is 0 Å². The van der Waals surface area contributed by atoms with Gasteiger partial charge in [0.2, 0.25) is 27.7 Å². The van der Waals surface area contributed by atoms with Crippen molar-refractivity contribution >= 4 is 27.7 Å². The molecule has 2 fully saturated rings. The van der Waals surface area contributed by atoms with E-state index in [1.54, 1.807) is 13.8 Å². The average Bonchev–Trinajstić information content (AvgIpc) is 3.17. The van der Waals surface area contributed by atoms with Crippen LogP contribution < -0.4 is 0 Å². The van der Waals surface area contributed by atoms with Gasteiger partial charge in [0.15, 0.2) is 5.76 Å². The highest BCUT2D eigenvalue weighted by molar-refractivity contribution is 7.89. The van der Waals surface area contributed by atoms with E-state index in [0.29, 0.717) is 25.0 Å². The number of piperazine rings is 1. The van der Waals surface area contributed by atoms with Crippen LogP contribution in [-0.4, -0.2) is 78.1 Å². The van der Waals surface area contributed by atoms with Crippen molar-refractivity contribution in [2.24, 2.45) is 5.92 Å². The molecule has 0 radical (unpaired) electrons. The van der Waals surface area contributed by atoms with Crippen molar-refractivity contribution in [1.82, 2.24) is 19.3 Å². The number of aromatic nitrogens is 1. The van der Waals surface area contributed by atoms with Gasteiger partial charge in [0.1, 0.15) is 23.7 Å². The number of imide groups is 1. The Morgan fingerprint density at radius 3 is 2.24 bits per heavy atom. The number of nitrogens with zero attached hydrogens (tertiary/aromatic N) is 4. The van der Waals surface area contributed by atoms with E-state index in [9.17, 15) is 22.8 Å². The van der Waals surface area contributed by atoms with Crippen molar-refractivity contribution in [2.75, 3.05) is 32.7 Å². The summed E-state index contributed by atoms with van der Waals surface area (Å²) in [6, 6.07) is 9.59. The molecule has 2 aromatic rings. The quantitative estimate of drug-likeness (QED) is 0.559. The Morgan fingerprint density at radius 1 is 1.06 bits per heavy atom. The highest BCUT2D eigenvalue weighted by atomic mass is 32.2. The molecule has 0 atom stereocenters. The topological polar surface area (TPSA) is 121 Å². The van der Waals surface area contributed by atoms with Crippen LogP contribution in [0, 0.1) is 19.8 Å². The molecule has 2 aliphatic heterocycles. The van der Waals surface area contributed by atoms with Crippen molar-refractivity contribution in [3.05, 3.63) is 47.3 Å². The number of hydrogen-bond donors (Lipinski definition) is 0. The molecule has 0 aliphatic carbocycles. The monoisotopic (exact) mass is 488 g/mol. The first-order valence-electron chi connectivity index (χ1n) is 11.3. The molecule has 2 aliphatic rings. The van der Waals surface area contributed by atoms with E-state index in [-0.39, 0.29) is 61.1 Å². The van der Waals surface area contributed by atoms with Gasteiger partial charge in [-0.05, 0) is 38.7 Å². The first-order valence-corrected chi connectivity index (χ1v) is 12.7. The summed E-state index contributed by atoms with van der Waals surface area (Å²) in [6.07, 6.45) is 1.19. The lowest BCUT2D eigenvalue weighted by Gasteiger charge is -2.36. The second-order valence-electron chi connectivity index (χ2n) is 8.70. The summed E-state index contributed by atoms with van der Waals surface area (Å²) >= 11 is 0. The molecule has 3 amide bonds. The molecule has 0 saturated carbocycles. The number of aryl methyl sites for hydroxylation is 2. The summed E-state index contributed by atoms with van der Waals surface area (Å²) in [5.74, 6) is -1.26. The lowest BCUT2D eigenvalue weighted by molar-refractivity contribution is -0.158. The molecule has 3 heterocycles. The largest absolute Gasteiger partial charge is 0.360 e. The van der Waals surface area contributed by atoms with E-state index >= 15 is 0 Å². The third-order valence-corrected chi connectivity index (χ3v) is 8.55. The second kappa shape index (κ2) is 9.67. The number of benzene rings is 1. The number of carbonyl (C=O) groups is 3. The molecule has 1 aromatic heterocycles. The summed E-state index contributed by atoms with van der Waals surface area (Å²) in [4.78, 5) is 40.8. The van der Waals surface area contributed by atoms with Gasteiger partial charge in [-0.25, -0.2) is 8.42 Å². The van der Waals surface area contributed by atoms with Crippen LogP contribution in [-0.2, 0) is 30.8 Å². The molecule has 0 N–H and O–H groups in total. The zero-order valence-electron chi connectivity index (χ0n) is 19.3. The maximum atomic E-state index is 13.0. The van der Waals surface area contributed by atoms with Gasteiger partial charge in [-0.3, -0.25) is 19.3 Å². The molecule has 182 valence electrons. The lowest BCUT2D eigenvalue weighted by atomic mass is 9.96. The third-order valence-electron chi connectivity index (χ3n) is 6.40. The predicted molar refractivity (Wildman–Crippen MR) is 121 cm³/mol. The molecule has 0 bridgehead atoms. The van der Waals surface area contributed by atoms with E-state index in [2.05, 4.69) is 5.16 Å². The minimum absolute atomic E-state index is 0.0695. The fourth-order valence-corrected chi connectivity index (χ4v) is 6.32. The second-order valence-corrected chi connectivity index (χ2v) is 10.6. The van der Waals surface area contributed by atoms with Crippen LogP contribution in [0.1, 0.15) is 29.9 Å². The summed E-state index contributed by atoms with van der Waals surface area (Å²) in [5.41, 5.74) is 1.33. The van der Waals surface area contributed by atoms with E-state index in [1.807, 2.05) is 30.3 Å². The summed E-state index contributed by atoms with van der Waals surface area (Å²) in [5, 5.41) is 3.72. The zero-order chi connectivity index (χ0) is 24.5. The number of amides is 3. The molecule has 0 spiro atoms.